The standard InChI is InChI=1S/C13H8N2O2S/c14-13(17)7-1-3-9-11(5-7)18-12-6-8(16)2-4-10(12)15-9/h1-6H,(H2,14,17). The maximum Gasteiger partial charge on any atom is 0.248 e. The molecule has 1 aromatic carbocycles. The van der Waals surface area contributed by atoms with Crippen molar-refractivity contribution in [3.8, 4) is 10.6 Å². The molecule has 1 aromatic rings. The summed E-state index contributed by atoms with van der Waals surface area (Å²) in [4.78, 5) is 27.7. The summed E-state index contributed by atoms with van der Waals surface area (Å²) in [6.45, 7) is 0. The number of amides is 1. The lowest BCUT2D eigenvalue weighted by atomic mass is 10.2. The number of fused-ring (bicyclic) bond motifs is 2. The summed E-state index contributed by atoms with van der Waals surface area (Å²) in [6.07, 6.45) is 0. The molecule has 5 heteroatoms. The number of nitrogens with zero attached hydrogens (tertiary/aromatic N) is 1. The first kappa shape index (κ1) is 10.9. The number of carbonyl (C=O) groups excluding carboxylic acids is 1. The van der Waals surface area contributed by atoms with Crippen LogP contribution in [0.5, 0.6) is 0 Å². The maximum atomic E-state index is 11.3. The van der Waals surface area contributed by atoms with Crippen LogP contribution in [0.15, 0.2) is 41.2 Å². The molecule has 0 spiro atoms. The summed E-state index contributed by atoms with van der Waals surface area (Å²) < 4.78 is 0.837. The van der Waals surface area contributed by atoms with Crippen molar-refractivity contribution in [3.63, 3.8) is 0 Å². The lowest BCUT2D eigenvalue weighted by molar-refractivity contribution is 0.100. The first-order chi connectivity index (χ1) is 8.63. The van der Waals surface area contributed by atoms with Gasteiger partial charge in [-0.05, 0) is 30.3 Å². The predicted molar refractivity (Wildman–Crippen MR) is 71.0 cm³/mol. The van der Waals surface area contributed by atoms with Gasteiger partial charge in [0.25, 0.3) is 0 Å². The largest absolute Gasteiger partial charge is 0.366 e. The van der Waals surface area contributed by atoms with Crippen LogP contribution < -0.4 is 11.2 Å². The van der Waals surface area contributed by atoms with E-state index in [0.717, 1.165) is 20.8 Å². The molecule has 0 saturated carbocycles. The Morgan fingerprint density at radius 2 is 2.00 bits per heavy atom. The Bertz CT molecular complexity index is 795. The predicted octanol–water partition coefficient (Wildman–Crippen LogP) is 1.86. The monoisotopic (exact) mass is 256 g/mol. The van der Waals surface area contributed by atoms with E-state index in [1.807, 2.05) is 0 Å². The molecule has 88 valence electrons. The Morgan fingerprint density at radius 1 is 1.17 bits per heavy atom. The highest BCUT2D eigenvalue weighted by molar-refractivity contribution is 7.21. The molecule has 1 heterocycles. The van der Waals surface area contributed by atoms with Gasteiger partial charge in [0, 0.05) is 11.6 Å². The van der Waals surface area contributed by atoms with Gasteiger partial charge in [0.15, 0.2) is 5.43 Å². The highest BCUT2D eigenvalue weighted by atomic mass is 32.1. The minimum Gasteiger partial charge on any atom is -0.366 e. The Labute approximate surface area is 106 Å². The fourth-order valence-corrected chi connectivity index (χ4v) is 2.79. The second-order valence-electron chi connectivity index (χ2n) is 3.89. The molecular weight excluding hydrogens is 248 g/mol. The third kappa shape index (κ3) is 1.74. The Balaban J connectivity index is 2.36. The van der Waals surface area contributed by atoms with E-state index in [1.54, 1.807) is 30.3 Å². The normalized spacial score (nSPS) is 10.9. The van der Waals surface area contributed by atoms with Crippen molar-refractivity contribution in [2.24, 2.45) is 5.73 Å². The van der Waals surface area contributed by atoms with Gasteiger partial charge in [-0.15, -0.1) is 11.3 Å². The van der Waals surface area contributed by atoms with E-state index in [4.69, 9.17) is 5.73 Å². The highest BCUT2D eigenvalue weighted by Gasteiger charge is 2.09. The molecular formula is C13H8N2O2S. The average Bonchev–Trinajstić information content (AvgIpc) is 2.35. The summed E-state index contributed by atoms with van der Waals surface area (Å²) in [5.41, 5.74) is 7.19. The summed E-state index contributed by atoms with van der Waals surface area (Å²) >= 11 is 1.43. The third-order valence-corrected chi connectivity index (χ3v) is 3.73. The lowest BCUT2D eigenvalue weighted by Crippen LogP contribution is -2.10. The van der Waals surface area contributed by atoms with Crippen molar-refractivity contribution < 1.29 is 4.79 Å². The molecule has 18 heavy (non-hydrogen) atoms. The number of nitrogens with two attached hydrogens (primary N) is 1. The first-order valence-electron chi connectivity index (χ1n) is 5.28. The minimum absolute atomic E-state index is 0.0500. The van der Waals surface area contributed by atoms with Crippen LogP contribution in [0, 0.1) is 0 Å². The fourth-order valence-electron chi connectivity index (χ4n) is 1.76. The van der Waals surface area contributed by atoms with Gasteiger partial charge in [-0.25, -0.2) is 4.98 Å². The SMILES string of the molecule is NC(=O)c1ccc2nc3ccc(=O)cc-3sc2c1. The van der Waals surface area contributed by atoms with Gasteiger partial charge >= 0.3 is 0 Å². The van der Waals surface area contributed by atoms with Crippen LogP contribution in [0.4, 0.5) is 0 Å². The fraction of sp³-hybridized carbons (Fsp3) is 0. The van der Waals surface area contributed by atoms with Gasteiger partial charge in [-0.2, -0.15) is 0 Å². The number of rotatable bonds is 1. The number of carbonyl (C=O) groups is 1. The van der Waals surface area contributed by atoms with Crippen molar-refractivity contribution in [1.82, 2.24) is 4.98 Å². The van der Waals surface area contributed by atoms with E-state index >= 15 is 0 Å². The molecule has 0 atom stereocenters. The number of aromatic nitrogens is 1. The number of benzene rings is 2. The number of hydrogen-bond donors (Lipinski definition) is 1. The molecule has 0 unspecified atom stereocenters. The van der Waals surface area contributed by atoms with E-state index in [-0.39, 0.29) is 5.43 Å². The minimum atomic E-state index is -0.471. The van der Waals surface area contributed by atoms with E-state index in [1.165, 1.54) is 17.4 Å². The van der Waals surface area contributed by atoms with E-state index in [2.05, 4.69) is 4.98 Å². The first-order valence-corrected chi connectivity index (χ1v) is 6.09. The molecule has 0 aromatic heterocycles. The van der Waals surface area contributed by atoms with Crippen molar-refractivity contribution >= 4 is 27.5 Å². The van der Waals surface area contributed by atoms with Gasteiger partial charge in [0.05, 0.1) is 20.8 Å². The Morgan fingerprint density at radius 3 is 2.78 bits per heavy atom. The van der Waals surface area contributed by atoms with Crippen LogP contribution in [-0.4, -0.2) is 10.9 Å². The van der Waals surface area contributed by atoms with Crippen LogP contribution in [0.2, 0.25) is 0 Å². The molecule has 2 aliphatic rings. The Hall–Kier alpha value is -2.27. The molecule has 1 aliphatic heterocycles. The van der Waals surface area contributed by atoms with Crippen molar-refractivity contribution in [3.05, 3.63) is 52.2 Å². The van der Waals surface area contributed by atoms with E-state index < -0.39 is 5.91 Å². The van der Waals surface area contributed by atoms with Crippen molar-refractivity contribution in [1.29, 1.82) is 0 Å². The van der Waals surface area contributed by atoms with E-state index in [9.17, 15) is 9.59 Å². The molecule has 2 N–H and O–H groups in total. The van der Waals surface area contributed by atoms with Crippen LogP contribution in [0.3, 0.4) is 0 Å². The van der Waals surface area contributed by atoms with Crippen LogP contribution in [0.25, 0.3) is 20.8 Å². The van der Waals surface area contributed by atoms with Gasteiger partial charge in [-0.3, -0.25) is 9.59 Å². The molecule has 3 rings (SSSR count). The zero-order chi connectivity index (χ0) is 12.7. The molecule has 4 nitrogen and oxygen atoms in total. The van der Waals surface area contributed by atoms with Gasteiger partial charge in [-0.1, -0.05) is 0 Å². The zero-order valence-electron chi connectivity index (χ0n) is 9.21. The van der Waals surface area contributed by atoms with Gasteiger partial charge < -0.3 is 5.73 Å². The van der Waals surface area contributed by atoms with Crippen molar-refractivity contribution in [2.45, 2.75) is 0 Å². The maximum absolute atomic E-state index is 11.3. The quantitative estimate of drug-likeness (QED) is 0.675. The summed E-state index contributed by atoms with van der Waals surface area (Å²) in [6, 6.07) is 9.85. The average molecular weight is 256 g/mol. The third-order valence-electron chi connectivity index (χ3n) is 2.64. The lowest BCUT2D eigenvalue weighted by Gasteiger charge is -2.05. The molecule has 1 aliphatic carbocycles. The highest BCUT2D eigenvalue weighted by Crippen LogP contribution is 2.29. The van der Waals surface area contributed by atoms with Gasteiger partial charge in [0.1, 0.15) is 0 Å². The summed E-state index contributed by atoms with van der Waals surface area (Å²) in [7, 11) is 0. The molecule has 0 fully saturated rings. The van der Waals surface area contributed by atoms with Crippen LogP contribution in [-0.2, 0) is 0 Å². The van der Waals surface area contributed by atoms with Crippen LogP contribution >= 0.6 is 11.3 Å². The van der Waals surface area contributed by atoms with Gasteiger partial charge in [0.2, 0.25) is 5.91 Å². The second kappa shape index (κ2) is 3.89. The van der Waals surface area contributed by atoms with Crippen LogP contribution in [0.1, 0.15) is 10.4 Å². The van der Waals surface area contributed by atoms with E-state index in [0.29, 0.717) is 5.56 Å². The zero-order valence-corrected chi connectivity index (χ0v) is 10.0. The number of primary amides is 1. The summed E-state index contributed by atoms with van der Waals surface area (Å²) in [5, 5.41) is 0. The molecule has 0 saturated heterocycles. The molecule has 0 radical (unpaired) electrons. The topological polar surface area (TPSA) is 73.1 Å². The smallest absolute Gasteiger partial charge is 0.248 e. The summed E-state index contributed by atoms with van der Waals surface area (Å²) in [5.74, 6) is -0.471. The van der Waals surface area contributed by atoms with Crippen molar-refractivity contribution in [2.75, 3.05) is 0 Å². The number of hydrogen-bond acceptors (Lipinski definition) is 4. The second-order valence-corrected chi connectivity index (χ2v) is 4.97. The Kier molecular flexibility index (Phi) is 2.34. The molecule has 1 amide bonds. The molecule has 0 bridgehead atoms.